The summed E-state index contributed by atoms with van der Waals surface area (Å²) >= 11 is 0. The van der Waals surface area contributed by atoms with Crippen molar-refractivity contribution >= 4 is 11.6 Å². The third-order valence-electron chi connectivity index (χ3n) is 2.62. The van der Waals surface area contributed by atoms with Crippen molar-refractivity contribution < 1.29 is 14.6 Å². The number of nitrogens with zero attached hydrogens (tertiary/aromatic N) is 1. The van der Waals surface area contributed by atoms with Gasteiger partial charge in [-0.25, -0.2) is 0 Å². The lowest BCUT2D eigenvalue weighted by Crippen LogP contribution is -2.36. The van der Waals surface area contributed by atoms with Gasteiger partial charge in [-0.3, -0.25) is 4.79 Å². The SMILES string of the molecule is CNc1ccccc1C(=O)N(C)CC(O)COC. The van der Waals surface area contributed by atoms with Gasteiger partial charge in [0.15, 0.2) is 0 Å². The molecule has 2 N–H and O–H groups in total. The predicted octanol–water partition coefficient (Wildman–Crippen LogP) is 0.808. The van der Waals surface area contributed by atoms with Crippen molar-refractivity contribution in [2.24, 2.45) is 0 Å². The van der Waals surface area contributed by atoms with E-state index in [1.54, 1.807) is 20.2 Å². The molecule has 0 fully saturated rings. The third-order valence-corrected chi connectivity index (χ3v) is 2.62. The summed E-state index contributed by atoms with van der Waals surface area (Å²) in [6.45, 7) is 0.454. The first-order valence-electron chi connectivity index (χ1n) is 5.79. The number of carbonyl (C=O) groups is 1. The Morgan fingerprint density at radius 1 is 1.50 bits per heavy atom. The Labute approximate surface area is 107 Å². The first-order valence-corrected chi connectivity index (χ1v) is 5.79. The van der Waals surface area contributed by atoms with Crippen molar-refractivity contribution in [2.75, 3.05) is 39.7 Å². The van der Waals surface area contributed by atoms with Crippen LogP contribution in [0.1, 0.15) is 10.4 Å². The van der Waals surface area contributed by atoms with Crippen LogP contribution in [-0.2, 0) is 4.74 Å². The summed E-state index contributed by atoms with van der Waals surface area (Å²) in [6.07, 6.45) is -0.675. The lowest BCUT2D eigenvalue weighted by molar-refractivity contribution is 0.0380. The number of amides is 1. The van der Waals surface area contributed by atoms with E-state index in [1.807, 2.05) is 18.2 Å². The van der Waals surface area contributed by atoms with Gasteiger partial charge in [0.1, 0.15) is 0 Å². The minimum atomic E-state index is -0.675. The van der Waals surface area contributed by atoms with Crippen LogP contribution < -0.4 is 5.32 Å². The molecular formula is C13H20N2O3. The Bertz CT molecular complexity index is 396. The van der Waals surface area contributed by atoms with Crippen molar-refractivity contribution in [3.05, 3.63) is 29.8 Å². The Morgan fingerprint density at radius 2 is 2.17 bits per heavy atom. The predicted molar refractivity (Wildman–Crippen MR) is 70.8 cm³/mol. The second-order valence-corrected chi connectivity index (χ2v) is 4.09. The number of methoxy groups -OCH3 is 1. The van der Waals surface area contributed by atoms with Crippen molar-refractivity contribution in [3.63, 3.8) is 0 Å². The van der Waals surface area contributed by atoms with Crippen molar-refractivity contribution in [1.29, 1.82) is 0 Å². The summed E-state index contributed by atoms with van der Waals surface area (Å²) in [6, 6.07) is 7.27. The average molecular weight is 252 g/mol. The molecule has 1 aromatic carbocycles. The minimum absolute atomic E-state index is 0.130. The molecular weight excluding hydrogens is 232 g/mol. The largest absolute Gasteiger partial charge is 0.389 e. The van der Waals surface area contributed by atoms with Crippen LogP contribution in [-0.4, -0.2) is 56.4 Å². The molecule has 18 heavy (non-hydrogen) atoms. The van der Waals surface area contributed by atoms with Crippen LogP contribution >= 0.6 is 0 Å². The highest BCUT2D eigenvalue weighted by atomic mass is 16.5. The standard InChI is InChI=1S/C13H20N2O3/c1-14-12-7-5-4-6-11(12)13(17)15(2)8-10(16)9-18-3/h4-7,10,14,16H,8-9H2,1-3H3. The number of likely N-dealkylation sites (N-methyl/N-ethyl adjacent to an activating group) is 1. The van der Waals surface area contributed by atoms with E-state index >= 15 is 0 Å². The number of carbonyl (C=O) groups excluding carboxylic acids is 1. The van der Waals surface area contributed by atoms with Gasteiger partial charge in [-0.1, -0.05) is 12.1 Å². The molecule has 5 nitrogen and oxygen atoms in total. The Kier molecular flexibility index (Phi) is 5.61. The maximum Gasteiger partial charge on any atom is 0.255 e. The zero-order valence-electron chi connectivity index (χ0n) is 11.0. The maximum atomic E-state index is 12.2. The Hall–Kier alpha value is -1.59. The molecule has 0 aromatic heterocycles. The number of para-hydroxylation sites is 1. The fourth-order valence-corrected chi connectivity index (χ4v) is 1.74. The molecule has 1 atom stereocenters. The number of ether oxygens (including phenoxy) is 1. The second kappa shape index (κ2) is 6.98. The monoisotopic (exact) mass is 252 g/mol. The first-order chi connectivity index (χ1) is 8.60. The number of aliphatic hydroxyl groups is 1. The number of nitrogens with one attached hydrogen (secondary N) is 1. The Morgan fingerprint density at radius 3 is 2.78 bits per heavy atom. The van der Waals surface area contributed by atoms with Crippen LogP contribution in [0.25, 0.3) is 0 Å². The molecule has 0 aliphatic rings. The summed E-state index contributed by atoms with van der Waals surface area (Å²) in [5.74, 6) is -0.130. The summed E-state index contributed by atoms with van der Waals surface area (Å²) in [5.41, 5.74) is 1.36. The lowest BCUT2D eigenvalue weighted by atomic mass is 10.1. The lowest BCUT2D eigenvalue weighted by Gasteiger charge is -2.21. The van der Waals surface area contributed by atoms with E-state index in [0.29, 0.717) is 5.56 Å². The third kappa shape index (κ3) is 3.72. The van der Waals surface area contributed by atoms with Gasteiger partial charge in [0.25, 0.3) is 5.91 Å². The highest BCUT2D eigenvalue weighted by Crippen LogP contribution is 2.16. The number of rotatable bonds is 6. The van der Waals surface area contributed by atoms with Gasteiger partial charge in [-0.05, 0) is 12.1 Å². The summed E-state index contributed by atoms with van der Waals surface area (Å²) in [7, 11) is 4.95. The van der Waals surface area contributed by atoms with Crippen LogP contribution in [0.3, 0.4) is 0 Å². The van der Waals surface area contributed by atoms with E-state index in [4.69, 9.17) is 4.74 Å². The van der Waals surface area contributed by atoms with Gasteiger partial charge in [0.2, 0.25) is 0 Å². The Balaban J connectivity index is 2.74. The molecule has 1 amide bonds. The van der Waals surface area contributed by atoms with Gasteiger partial charge in [0.05, 0.1) is 18.3 Å². The first kappa shape index (κ1) is 14.5. The van der Waals surface area contributed by atoms with E-state index in [2.05, 4.69) is 5.32 Å². The zero-order valence-corrected chi connectivity index (χ0v) is 11.0. The van der Waals surface area contributed by atoms with Crippen LogP contribution in [0.15, 0.2) is 24.3 Å². The summed E-state index contributed by atoms with van der Waals surface area (Å²) in [4.78, 5) is 13.7. The van der Waals surface area contributed by atoms with Gasteiger partial charge in [-0.2, -0.15) is 0 Å². The normalized spacial score (nSPS) is 12.0. The molecule has 0 aliphatic carbocycles. The number of hydrogen-bond acceptors (Lipinski definition) is 4. The van der Waals surface area contributed by atoms with Crippen LogP contribution in [0.2, 0.25) is 0 Å². The fourth-order valence-electron chi connectivity index (χ4n) is 1.74. The smallest absolute Gasteiger partial charge is 0.255 e. The van der Waals surface area contributed by atoms with Crippen molar-refractivity contribution in [1.82, 2.24) is 4.90 Å². The van der Waals surface area contributed by atoms with Gasteiger partial charge in [0, 0.05) is 33.4 Å². The van der Waals surface area contributed by atoms with Crippen molar-refractivity contribution in [3.8, 4) is 0 Å². The number of hydrogen-bond donors (Lipinski definition) is 2. The molecule has 1 rings (SSSR count). The van der Waals surface area contributed by atoms with E-state index < -0.39 is 6.10 Å². The average Bonchev–Trinajstić information content (AvgIpc) is 2.38. The minimum Gasteiger partial charge on any atom is -0.389 e. The molecule has 1 unspecified atom stereocenters. The molecule has 0 aliphatic heterocycles. The zero-order chi connectivity index (χ0) is 13.5. The quantitative estimate of drug-likeness (QED) is 0.786. The van der Waals surface area contributed by atoms with E-state index in [-0.39, 0.29) is 19.1 Å². The van der Waals surface area contributed by atoms with Crippen LogP contribution in [0.5, 0.6) is 0 Å². The topological polar surface area (TPSA) is 61.8 Å². The molecule has 0 spiro atoms. The second-order valence-electron chi connectivity index (χ2n) is 4.09. The molecule has 100 valence electrons. The molecule has 5 heteroatoms. The van der Waals surface area contributed by atoms with Crippen LogP contribution in [0, 0.1) is 0 Å². The number of benzene rings is 1. The van der Waals surface area contributed by atoms with Gasteiger partial charge >= 0.3 is 0 Å². The van der Waals surface area contributed by atoms with Gasteiger partial charge in [-0.15, -0.1) is 0 Å². The van der Waals surface area contributed by atoms with E-state index in [0.717, 1.165) is 5.69 Å². The van der Waals surface area contributed by atoms with E-state index in [1.165, 1.54) is 12.0 Å². The van der Waals surface area contributed by atoms with Crippen molar-refractivity contribution in [2.45, 2.75) is 6.10 Å². The molecule has 0 bridgehead atoms. The van der Waals surface area contributed by atoms with E-state index in [9.17, 15) is 9.90 Å². The summed E-state index contributed by atoms with van der Waals surface area (Å²) < 4.78 is 4.83. The fraction of sp³-hybridized carbons (Fsp3) is 0.462. The number of anilines is 1. The highest BCUT2D eigenvalue weighted by molar-refractivity contribution is 5.99. The molecule has 1 aromatic rings. The van der Waals surface area contributed by atoms with Crippen LogP contribution in [0.4, 0.5) is 5.69 Å². The molecule has 0 heterocycles. The molecule has 0 saturated carbocycles. The summed E-state index contributed by atoms with van der Waals surface area (Å²) in [5, 5.41) is 12.6. The molecule has 0 saturated heterocycles. The maximum absolute atomic E-state index is 12.2. The number of aliphatic hydroxyl groups excluding tert-OH is 1. The highest BCUT2D eigenvalue weighted by Gasteiger charge is 2.17. The molecule has 0 radical (unpaired) electrons. The van der Waals surface area contributed by atoms with Gasteiger partial charge < -0.3 is 20.1 Å².